The minimum atomic E-state index is -4.63. The highest BCUT2D eigenvalue weighted by atomic mass is 19.4. The van der Waals surface area contributed by atoms with Crippen LogP contribution in [0.15, 0.2) is 34.9 Å². The zero-order chi connectivity index (χ0) is 27.9. The summed E-state index contributed by atoms with van der Waals surface area (Å²) in [5.41, 5.74) is 11.0. The number of hydrogen-bond acceptors (Lipinski definition) is 10. The topological polar surface area (TPSA) is 156 Å². The third-order valence-corrected chi connectivity index (χ3v) is 6.31. The Labute approximate surface area is 218 Å². The molecule has 0 saturated carbocycles. The number of halogens is 4. The highest BCUT2D eigenvalue weighted by Crippen LogP contribution is 2.37. The van der Waals surface area contributed by atoms with Crippen molar-refractivity contribution in [1.82, 2.24) is 24.8 Å². The molecule has 1 aliphatic rings. The molecule has 1 aliphatic heterocycles. The average molecular weight is 546 g/mol. The second kappa shape index (κ2) is 9.98. The fraction of sp³-hybridized carbons (Fsp3) is 0.292. The summed E-state index contributed by atoms with van der Waals surface area (Å²) in [7, 11) is 1.34. The van der Waals surface area contributed by atoms with E-state index < -0.39 is 17.7 Å². The molecule has 4 aromatic rings. The second-order valence-corrected chi connectivity index (χ2v) is 8.63. The molecule has 39 heavy (non-hydrogen) atoms. The Kier molecular flexibility index (Phi) is 6.68. The summed E-state index contributed by atoms with van der Waals surface area (Å²) in [5, 5.41) is 9.10. The van der Waals surface area contributed by atoms with Crippen molar-refractivity contribution in [2.75, 3.05) is 43.9 Å². The molecule has 204 valence electrons. The summed E-state index contributed by atoms with van der Waals surface area (Å²) in [6.45, 7) is 1.62. The molecule has 11 nitrogen and oxygen atoms in total. The first-order valence-corrected chi connectivity index (χ1v) is 11.7. The van der Waals surface area contributed by atoms with Crippen LogP contribution in [0, 0.1) is 11.2 Å². The number of amidine groups is 1. The highest BCUT2D eigenvalue weighted by Gasteiger charge is 2.33. The molecule has 0 aliphatic carbocycles. The van der Waals surface area contributed by atoms with Crippen molar-refractivity contribution in [2.24, 2.45) is 5.73 Å². The molecule has 1 fully saturated rings. The molecular weight excluding hydrogens is 522 g/mol. The molecule has 0 atom stereocenters. The smallest absolute Gasteiger partial charge is 0.433 e. The van der Waals surface area contributed by atoms with Crippen LogP contribution in [0.25, 0.3) is 22.4 Å². The Morgan fingerprint density at radius 1 is 1.10 bits per heavy atom. The van der Waals surface area contributed by atoms with E-state index in [4.69, 9.17) is 26.0 Å². The van der Waals surface area contributed by atoms with Gasteiger partial charge in [0.15, 0.2) is 17.5 Å². The number of nitrogens with zero attached hydrogens (tertiary/aromatic N) is 6. The fourth-order valence-electron chi connectivity index (χ4n) is 4.29. The molecule has 0 bridgehead atoms. The van der Waals surface area contributed by atoms with Gasteiger partial charge in [0.1, 0.15) is 28.4 Å². The summed E-state index contributed by atoms with van der Waals surface area (Å²) in [5.74, 6) is -0.0947. The molecule has 4 heterocycles. The zero-order valence-electron chi connectivity index (χ0n) is 20.6. The van der Waals surface area contributed by atoms with Crippen molar-refractivity contribution in [3.63, 3.8) is 0 Å². The van der Waals surface area contributed by atoms with Crippen molar-refractivity contribution >= 4 is 28.5 Å². The standard InChI is InChI=1S/C24H23F4N9O2/c1-38-15-4-2-13(12-3-5-17(24(26,27)28)33-18(12)15)22-34-19(16(10-29)39-22)21(31)36-6-8-37(9-7-36)23-32-11-14(25)20(30)35-23/h2-5,11,31H,6-10,29H2,1H3,(H2,30,32,35). The van der Waals surface area contributed by atoms with E-state index in [9.17, 15) is 17.6 Å². The first-order valence-electron chi connectivity index (χ1n) is 11.7. The van der Waals surface area contributed by atoms with Gasteiger partial charge in [0.25, 0.3) is 0 Å². The van der Waals surface area contributed by atoms with Crippen LogP contribution in [0.2, 0.25) is 0 Å². The average Bonchev–Trinajstić information content (AvgIpc) is 3.37. The number of piperazine rings is 1. The molecule has 3 aromatic heterocycles. The Hall–Kier alpha value is -4.53. The van der Waals surface area contributed by atoms with Crippen LogP contribution in [0.3, 0.4) is 0 Å². The molecule has 1 saturated heterocycles. The number of methoxy groups -OCH3 is 1. The number of nitrogens with one attached hydrogen (secondary N) is 1. The van der Waals surface area contributed by atoms with Crippen LogP contribution in [-0.4, -0.2) is 64.0 Å². The Bertz CT molecular complexity index is 1550. The number of pyridine rings is 1. The van der Waals surface area contributed by atoms with Crippen LogP contribution in [0.4, 0.5) is 29.3 Å². The molecule has 15 heteroatoms. The Morgan fingerprint density at radius 2 is 1.85 bits per heavy atom. The summed E-state index contributed by atoms with van der Waals surface area (Å²) >= 11 is 0. The second-order valence-electron chi connectivity index (χ2n) is 8.63. The number of benzene rings is 1. The van der Waals surface area contributed by atoms with Gasteiger partial charge >= 0.3 is 6.18 Å². The van der Waals surface area contributed by atoms with Gasteiger partial charge in [-0.1, -0.05) is 0 Å². The van der Waals surface area contributed by atoms with E-state index in [0.29, 0.717) is 43.1 Å². The third kappa shape index (κ3) is 4.87. The van der Waals surface area contributed by atoms with Crippen LogP contribution in [-0.2, 0) is 12.7 Å². The van der Waals surface area contributed by atoms with Gasteiger partial charge in [-0.25, -0.2) is 19.3 Å². The molecule has 5 N–H and O–H groups in total. The number of fused-ring (bicyclic) bond motifs is 1. The quantitative estimate of drug-likeness (QED) is 0.193. The van der Waals surface area contributed by atoms with E-state index in [1.165, 1.54) is 19.2 Å². The van der Waals surface area contributed by atoms with Gasteiger partial charge in [-0.05, 0) is 24.3 Å². The third-order valence-electron chi connectivity index (χ3n) is 6.31. The number of ether oxygens (including phenoxy) is 1. The predicted octanol–water partition coefficient (Wildman–Crippen LogP) is 3.03. The van der Waals surface area contributed by atoms with Crippen molar-refractivity contribution in [1.29, 1.82) is 5.41 Å². The van der Waals surface area contributed by atoms with Crippen LogP contribution < -0.4 is 21.1 Å². The molecule has 0 radical (unpaired) electrons. The molecular formula is C24H23F4N9O2. The van der Waals surface area contributed by atoms with E-state index >= 15 is 0 Å². The van der Waals surface area contributed by atoms with Crippen LogP contribution in [0.1, 0.15) is 17.1 Å². The molecule has 0 unspecified atom stereocenters. The molecule has 0 spiro atoms. The SMILES string of the molecule is COc1ccc(-c2nc(C(=N)N3CCN(c4ncc(F)c(N)n4)CC3)c(CN)o2)c2ccc(C(F)(F)F)nc12. The van der Waals surface area contributed by atoms with Crippen molar-refractivity contribution in [2.45, 2.75) is 12.7 Å². The van der Waals surface area contributed by atoms with Gasteiger partial charge in [-0.2, -0.15) is 18.2 Å². The number of aromatic nitrogens is 4. The van der Waals surface area contributed by atoms with E-state index in [0.717, 1.165) is 12.3 Å². The lowest BCUT2D eigenvalue weighted by Gasteiger charge is -2.35. The minimum absolute atomic E-state index is 0.00581. The van der Waals surface area contributed by atoms with Gasteiger partial charge in [-0.3, -0.25) is 5.41 Å². The maximum atomic E-state index is 13.4. The lowest BCUT2D eigenvalue weighted by Crippen LogP contribution is -2.49. The van der Waals surface area contributed by atoms with E-state index in [2.05, 4.69) is 19.9 Å². The van der Waals surface area contributed by atoms with E-state index in [-0.39, 0.29) is 46.8 Å². The number of nitrogens with two attached hydrogens (primary N) is 2. The monoisotopic (exact) mass is 545 g/mol. The van der Waals surface area contributed by atoms with Crippen molar-refractivity contribution < 1.29 is 26.7 Å². The number of hydrogen-bond donors (Lipinski definition) is 3. The Balaban J connectivity index is 1.42. The van der Waals surface area contributed by atoms with Crippen molar-refractivity contribution in [3.8, 4) is 17.2 Å². The highest BCUT2D eigenvalue weighted by molar-refractivity contribution is 5.99. The minimum Gasteiger partial charge on any atom is -0.494 e. The molecule has 5 rings (SSSR count). The fourth-order valence-corrected chi connectivity index (χ4v) is 4.29. The van der Waals surface area contributed by atoms with Gasteiger partial charge in [0.05, 0.1) is 19.9 Å². The predicted molar refractivity (Wildman–Crippen MR) is 134 cm³/mol. The van der Waals surface area contributed by atoms with Gasteiger partial charge in [0, 0.05) is 37.1 Å². The van der Waals surface area contributed by atoms with Gasteiger partial charge in [0.2, 0.25) is 11.8 Å². The van der Waals surface area contributed by atoms with Gasteiger partial charge < -0.3 is 30.4 Å². The summed E-state index contributed by atoms with van der Waals surface area (Å²) in [4.78, 5) is 19.8. The lowest BCUT2D eigenvalue weighted by atomic mass is 10.1. The number of nitrogen functional groups attached to an aromatic ring is 1. The lowest BCUT2D eigenvalue weighted by molar-refractivity contribution is -0.140. The van der Waals surface area contributed by atoms with Gasteiger partial charge in [-0.15, -0.1) is 0 Å². The Morgan fingerprint density at radius 3 is 2.49 bits per heavy atom. The normalized spacial score (nSPS) is 14.2. The number of anilines is 2. The van der Waals surface area contributed by atoms with Crippen molar-refractivity contribution in [3.05, 3.63) is 53.4 Å². The number of rotatable bonds is 5. The maximum Gasteiger partial charge on any atom is 0.433 e. The zero-order valence-corrected chi connectivity index (χ0v) is 20.6. The summed E-state index contributed by atoms with van der Waals surface area (Å²) in [6, 6.07) is 5.23. The largest absolute Gasteiger partial charge is 0.494 e. The van der Waals surface area contributed by atoms with E-state index in [1.807, 2.05) is 4.90 Å². The molecule has 0 amide bonds. The van der Waals surface area contributed by atoms with Crippen LogP contribution in [0.5, 0.6) is 5.75 Å². The maximum absolute atomic E-state index is 13.4. The first-order chi connectivity index (χ1) is 18.6. The number of alkyl halides is 3. The first kappa shape index (κ1) is 26.1. The summed E-state index contributed by atoms with van der Waals surface area (Å²) < 4.78 is 64.4. The molecule has 1 aromatic carbocycles. The summed E-state index contributed by atoms with van der Waals surface area (Å²) in [6.07, 6.45) is -3.62. The number of oxazole rings is 1. The van der Waals surface area contributed by atoms with Crippen LogP contribution >= 0.6 is 0 Å². The van der Waals surface area contributed by atoms with E-state index in [1.54, 1.807) is 11.0 Å².